The van der Waals surface area contributed by atoms with Crippen molar-refractivity contribution in [2.24, 2.45) is 16.3 Å². The standard InChI is InChI=1S/C17H25F3N4OS/c1-16(2)13(10-5-4-8-25-14(10)16)24-15(21-3)22-7-6-12-23-11(9-26-12)17(18,19)20/h9-10,13-14H,4-8H2,1-3H3,(H2,21,22,24). The largest absolute Gasteiger partial charge is 0.434 e. The highest BCUT2D eigenvalue weighted by Gasteiger charge is 2.58. The normalized spacial score (nSPS) is 28.2. The first-order chi connectivity index (χ1) is 12.2. The number of hydrogen-bond donors (Lipinski definition) is 2. The second-order valence-electron chi connectivity index (χ2n) is 7.41. The number of alkyl halides is 3. The summed E-state index contributed by atoms with van der Waals surface area (Å²) in [7, 11) is 1.70. The van der Waals surface area contributed by atoms with E-state index in [0.29, 0.717) is 29.9 Å². The van der Waals surface area contributed by atoms with Crippen LogP contribution in [0.15, 0.2) is 10.4 Å². The maximum Gasteiger partial charge on any atom is 0.434 e. The number of halogens is 3. The lowest BCUT2D eigenvalue weighted by atomic mass is 9.55. The fourth-order valence-corrected chi connectivity index (χ4v) is 4.81. The van der Waals surface area contributed by atoms with Crippen LogP contribution in [0.4, 0.5) is 13.2 Å². The van der Waals surface area contributed by atoms with E-state index in [9.17, 15) is 13.2 Å². The molecule has 0 aromatic carbocycles. The van der Waals surface area contributed by atoms with Crippen molar-refractivity contribution in [3.05, 3.63) is 16.1 Å². The van der Waals surface area contributed by atoms with Crippen molar-refractivity contribution in [3.63, 3.8) is 0 Å². The van der Waals surface area contributed by atoms with Crippen LogP contribution >= 0.6 is 11.3 Å². The Bertz CT molecular complexity index is 659. The second kappa shape index (κ2) is 7.34. The van der Waals surface area contributed by atoms with Gasteiger partial charge >= 0.3 is 6.18 Å². The molecule has 2 aliphatic rings. The average molecular weight is 390 g/mol. The molecule has 0 spiro atoms. The molecule has 0 amide bonds. The summed E-state index contributed by atoms with van der Waals surface area (Å²) in [5.74, 6) is 1.14. The number of thiazole rings is 1. The number of guanidine groups is 1. The van der Waals surface area contributed by atoms with E-state index in [-0.39, 0.29) is 17.6 Å². The van der Waals surface area contributed by atoms with E-state index in [1.54, 1.807) is 7.05 Å². The number of rotatable bonds is 4. The predicted octanol–water partition coefficient (Wildman–Crippen LogP) is 3.07. The van der Waals surface area contributed by atoms with Crippen LogP contribution in [0, 0.1) is 11.3 Å². The SMILES string of the molecule is CN=C(NCCc1nc(C(F)(F)F)cs1)NC1C2CCCOC2C1(C)C. The third kappa shape index (κ3) is 3.83. The van der Waals surface area contributed by atoms with Gasteiger partial charge in [-0.25, -0.2) is 4.98 Å². The van der Waals surface area contributed by atoms with Gasteiger partial charge < -0.3 is 15.4 Å². The number of aromatic nitrogens is 1. The van der Waals surface area contributed by atoms with Gasteiger partial charge in [0, 0.05) is 49.4 Å². The fraction of sp³-hybridized carbons (Fsp3) is 0.765. The van der Waals surface area contributed by atoms with Crippen LogP contribution < -0.4 is 10.6 Å². The Balaban J connectivity index is 1.50. The molecule has 3 rings (SSSR count). The third-order valence-electron chi connectivity index (χ3n) is 5.32. The summed E-state index contributed by atoms with van der Waals surface area (Å²) in [6.45, 7) is 5.69. The van der Waals surface area contributed by atoms with Gasteiger partial charge in [0.1, 0.15) is 0 Å². The van der Waals surface area contributed by atoms with Gasteiger partial charge in [0.15, 0.2) is 11.7 Å². The van der Waals surface area contributed by atoms with Crippen molar-refractivity contribution in [1.29, 1.82) is 0 Å². The topological polar surface area (TPSA) is 58.5 Å². The maximum absolute atomic E-state index is 12.6. The van der Waals surface area contributed by atoms with Gasteiger partial charge in [-0.3, -0.25) is 4.99 Å². The molecule has 5 nitrogen and oxygen atoms in total. The molecule has 3 unspecified atom stereocenters. The van der Waals surface area contributed by atoms with Crippen LogP contribution in [-0.4, -0.2) is 43.3 Å². The van der Waals surface area contributed by atoms with Crippen LogP contribution in [0.2, 0.25) is 0 Å². The summed E-state index contributed by atoms with van der Waals surface area (Å²) >= 11 is 1.03. The molecule has 146 valence electrons. The lowest BCUT2D eigenvalue weighted by Crippen LogP contribution is -2.71. The molecule has 0 radical (unpaired) electrons. The van der Waals surface area contributed by atoms with Gasteiger partial charge in [-0.15, -0.1) is 11.3 Å². The zero-order chi connectivity index (χ0) is 18.9. The molecule has 1 saturated carbocycles. The van der Waals surface area contributed by atoms with Crippen LogP contribution in [0.5, 0.6) is 0 Å². The first-order valence-electron chi connectivity index (χ1n) is 8.84. The molecule has 1 aliphatic carbocycles. The van der Waals surface area contributed by atoms with Crippen LogP contribution in [0.25, 0.3) is 0 Å². The summed E-state index contributed by atoms with van der Waals surface area (Å²) in [4.78, 5) is 7.89. The minimum Gasteiger partial charge on any atom is -0.377 e. The van der Waals surface area contributed by atoms with Crippen molar-refractivity contribution in [2.75, 3.05) is 20.2 Å². The molecule has 9 heteroatoms. The van der Waals surface area contributed by atoms with E-state index in [1.807, 2.05) is 0 Å². The highest BCUT2D eigenvalue weighted by Crippen LogP contribution is 2.51. The molecule has 0 bridgehead atoms. The molecule has 1 aromatic heterocycles. The fourth-order valence-electron chi connectivity index (χ4n) is 4.00. The molecule has 1 aromatic rings. The zero-order valence-corrected chi connectivity index (χ0v) is 16.0. The predicted molar refractivity (Wildman–Crippen MR) is 95.4 cm³/mol. The Morgan fingerprint density at radius 1 is 1.46 bits per heavy atom. The number of aliphatic imine (C=N–C) groups is 1. The molecular formula is C17H25F3N4OS. The van der Waals surface area contributed by atoms with E-state index in [2.05, 4.69) is 34.5 Å². The van der Waals surface area contributed by atoms with Gasteiger partial charge in [-0.05, 0) is 12.8 Å². The van der Waals surface area contributed by atoms with Gasteiger partial charge in [-0.1, -0.05) is 13.8 Å². The number of ether oxygens (including phenoxy) is 1. The second-order valence-corrected chi connectivity index (χ2v) is 8.36. The minimum atomic E-state index is -4.38. The van der Waals surface area contributed by atoms with E-state index in [4.69, 9.17) is 4.74 Å². The summed E-state index contributed by atoms with van der Waals surface area (Å²) in [6, 6.07) is 0.274. The zero-order valence-electron chi connectivity index (χ0n) is 15.2. The van der Waals surface area contributed by atoms with Crippen molar-refractivity contribution in [2.45, 2.75) is 51.4 Å². The van der Waals surface area contributed by atoms with E-state index >= 15 is 0 Å². The highest BCUT2D eigenvalue weighted by atomic mass is 32.1. The van der Waals surface area contributed by atoms with Crippen molar-refractivity contribution in [3.8, 4) is 0 Å². The van der Waals surface area contributed by atoms with Crippen LogP contribution in [0.3, 0.4) is 0 Å². The average Bonchev–Trinajstić information content (AvgIpc) is 3.07. The van der Waals surface area contributed by atoms with Gasteiger partial charge in [-0.2, -0.15) is 13.2 Å². The maximum atomic E-state index is 12.6. The van der Waals surface area contributed by atoms with Crippen molar-refractivity contribution in [1.82, 2.24) is 15.6 Å². The Morgan fingerprint density at radius 3 is 2.88 bits per heavy atom. The van der Waals surface area contributed by atoms with Crippen molar-refractivity contribution >= 4 is 17.3 Å². The van der Waals surface area contributed by atoms with Gasteiger partial charge in [0.2, 0.25) is 0 Å². The summed E-state index contributed by atoms with van der Waals surface area (Å²) in [6.07, 6.45) is -1.46. The lowest BCUT2D eigenvalue weighted by Gasteiger charge is -2.60. The first-order valence-corrected chi connectivity index (χ1v) is 9.72. The highest BCUT2D eigenvalue weighted by molar-refractivity contribution is 7.09. The number of hydrogen-bond acceptors (Lipinski definition) is 4. The Labute approximate surface area is 155 Å². The Kier molecular flexibility index (Phi) is 5.48. The van der Waals surface area contributed by atoms with E-state index in [0.717, 1.165) is 36.2 Å². The van der Waals surface area contributed by atoms with Crippen LogP contribution in [-0.2, 0) is 17.3 Å². The van der Waals surface area contributed by atoms with Crippen LogP contribution in [0.1, 0.15) is 37.4 Å². The summed E-state index contributed by atoms with van der Waals surface area (Å²) < 4.78 is 43.7. The molecular weight excluding hydrogens is 365 g/mol. The molecule has 2 heterocycles. The third-order valence-corrected chi connectivity index (χ3v) is 6.23. The smallest absolute Gasteiger partial charge is 0.377 e. The number of nitrogens with one attached hydrogen (secondary N) is 2. The molecule has 1 saturated heterocycles. The quantitative estimate of drug-likeness (QED) is 0.613. The van der Waals surface area contributed by atoms with Crippen molar-refractivity contribution < 1.29 is 17.9 Å². The number of nitrogens with zero attached hydrogens (tertiary/aromatic N) is 2. The molecule has 1 aliphatic heterocycles. The molecule has 2 fully saturated rings. The van der Waals surface area contributed by atoms with Gasteiger partial charge in [0.05, 0.1) is 11.1 Å². The summed E-state index contributed by atoms with van der Waals surface area (Å²) in [5.41, 5.74) is -0.792. The Morgan fingerprint density at radius 2 is 2.23 bits per heavy atom. The minimum absolute atomic E-state index is 0.0274. The van der Waals surface area contributed by atoms with Gasteiger partial charge in [0.25, 0.3) is 0 Å². The number of fused-ring (bicyclic) bond motifs is 1. The molecule has 26 heavy (non-hydrogen) atoms. The first kappa shape index (κ1) is 19.4. The summed E-state index contributed by atoms with van der Waals surface area (Å²) in [5, 5.41) is 8.17. The van der Waals surface area contributed by atoms with E-state index in [1.165, 1.54) is 0 Å². The molecule has 2 N–H and O–H groups in total. The monoisotopic (exact) mass is 390 g/mol. The lowest BCUT2D eigenvalue weighted by molar-refractivity contribution is -0.188. The molecule has 3 atom stereocenters. The van der Waals surface area contributed by atoms with E-state index < -0.39 is 11.9 Å². The Hall–Kier alpha value is -1.35.